The number of carbonyl (C=O) groups is 2. The van der Waals surface area contributed by atoms with Crippen molar-refractivity contribution in [1.29, 1.82) is 0 Å². The molecular formula is C19H30Cl2N4O2. The van der Waals surface area contributed by atoms with Gasteiger partial charge < -0.3 is 16.0 Å². The van der Waals surface area contributed by atoms with E-state index in [1.807, 2.05) is 24.0 Å². The van der Waals surface area contributed by atoms with Crippen LogP contribution in [0.1, 0.15) is 31.7 Å². The molecule has 0 saturated carbocycles. The molecule has 3 rings (SSSR count). The lowest BCUT2D eigenvalue weighted by Gasteiger charge is -2.27. The van der Waals surface area contributed by atoms with E-state index in [1.165, 1.54) is 6.42 Å². The average molecular weight is 417 g/mol. The van der Waals surface area contributed by atoms with Crippen molar-refractivity contribution in [2.75, 3.05) is 37.2 Å². The Morgan fingerprint density at radius 2 is 2.07 bits per heavy atom. The number of amides is 2. The Kier molecular flexibility index (Phi) is 8.85. The summed E-state index contributed by atoms with van der Waals surface area (Å²) in [6.45, 7) is 7.48. The maximum absolute atomic E-state index is 12.6. The summed E-state index contributed by atoms with van der Waals surface area (Å²) < 4.78 is 0. The van der Waals surface area contributed by atoms with Crippen molar-refractivity contribution in [3.63, 3.8) is 0 Å². The van der Waals surface area contributed by atoms with Gasteiger partial charge in [0.15, 0.2) is 0 Å². The Bertz CT molecular complexity index is 671. The molecule has 1 aromatic rings. The molecule has 0 aliphatic carbocycles. The minimum Gasteiger partial charge on any atom is -0.399 e. The summed E-state index contributed by atoms with van der Waals surface area (Å²) in [6.07, 6.45) is 2.63. The van der Waals surface area contributed by atoms with E-state index >= 15 is 0 Å². The van der Waals surface area contributed by atoms with Gasteiger partial charge in [0.05, 0.1) is 5.92 Å². The number of rotatable bonds is 5. The van der Waals surface area contributed by atoms with Crippen molar-refractivity contribution in [3.05, 3.63) is 23.8 Å². The van der Waals surface area contributed by atoms with Crippen LogP contribution in [0.4, 0.5) is 11.4 Å². The third-order valence-electron chi connectivity index (χ3n) is 5.44. The molecule has 152 valence electrons. The zero-order valence-electron chi connectivity index (χ0n) is 15.9. The summed E-state index contributed by atoms with van der Waals surface area (Å²) in [4.78, 5) is 29.2. The van der Waals surface area contributed by atoms with Crippen molar-refractivity contribution in [3.8, 4) is 0 Å². The molecule has 2 aliphatic rings. The highest BCUT2D eigenvalue weighted by Crippen LogP contribution is 2.25. The Balaban J connectivity index is 0.00000182. The minimum absolute atomic E-state index is 0. The van der Waals surface area contributed by atoms with Gasteiger partial charge in [0.25, 0.3) is 0 Å². The van der Waals surface area contributed by atoms with Gasteiger partial charge in [0, 0.05) is 36.9 Å². The van der Waals surface area contributed by atoms with E-state index in [0.717, 1.165) is 37.3 Å². The number of hydrogen-bond donors (Lipinski definition) is 2. The third kappa shape index (κ3) is 5.50. The van der Waals surface area contributed by atoms with Gasteiger partial charge in [-0.1, -0.05) is 13.0 Å². The molecule has 0 spiro atoms. The number of likely N-dealkylation sites (N-methyl/N-ethyl adjacent to an activating group) is 1. The predicted octanol–water partition coefficient (Wildman–Crippen LogP) is 2.69. The van der Waals surface area contributed by atoms with E-state index in [9.17, 15) is 9.59 Å². The van der Waals surface area contributed by atoms with Gasteiger partial charge in [-0.25, -0.2) is 0 Å². The molecule has 1 aromatic carbocycles. The van der Waals surface area contributed by atoms with Crippen LogP contribution in [0, 0.1) is 12.8 Å². The van der Waals surface area contributed by atoms with Crippen molar-refractivity contribution >= 4 is 48.0 Å². The van der Waals surface area contributed by atoms with Gasteiger partial charge in [-0.2, -0.15) is 0 Å². The smallest absolute Gasteiger partial charge is 0.229 e. The van der Waals surface area contributed by atoms with Gasteiger partial charge in [-0.05, 0) is 50.6 Å². The van der Waals surface area contributed by atoms with Crippen LogP contribution in [0.25, 0.3) is 0 Å². The van der Waals surface area contributed by atoms with Crippen LogP contribution in [0.2, 0.25) is 0 Å². The highest BCUT2D eigenvalue weighted by atomic mass is 35.5. The zero-order chi connectivity index (χ0) is 18.0. The predicted molar refractivity (Wildman–Crippen MR) is 114 cm³/mol. The van der Waals surface area contributed by atoms with Gasteiger partial charge in [0.2, 0.25) is 11.8 Å². The van der Waals surface area contributed by atoms with Crippen molar-refractivity contribution < 1.29 is 9.59 Å². The molecule has 2 aliphatic heterocycles. The maximum atomic E-state index is 12.6. The van der Waals surface area contributed by atoms with Crippen LogP contribution in [0.3, 0.4) is 0 Å². The van der Waals surface area contributed by atoms with Crippen molar-refractivity contribution in [2.45, 2.75) is 39.2 Å². The lowest BCUT2D eigenvalue weighted by atomic mass is 10.1. The SMILES string of the molecule is CCN1CCCC1CN1CC(C(=O)Nc2cc(N)ccc2C)CC1=O.Cl.Cl. The number of nitrogen functional groups attached to an aromatic ring is 1. The normalized spacial score (nSPS) is 22.3. The third-order valence-corrected chi connectivity index (χ3v) is 5.44. The molecular weight excluding hydrogens is 387 g/mol. The minimum atomic E-state index is -0.287. The number of nitrogens with zero attached hydrogens (tertiary/aromatic N) is 2. The van der Waals surface area contributed by atoms with Gasteiger partial charge in [-0.3, -0.25) is 14.5 Å². The first-order chi connectivity index (χ1) is 12.0. The number of hydrogen-bond acceptors (Lipinski definition) is 4. The first-order valence-electron chi connectivity index (χ1n) is 9.16. The summed E-state index contributed by atoms with van der Waals surface area (Å²) in [7, 11) is 0. The van der Waals surface area contributed by atoms with E-state index in [-0.39, 0.29) is 42.5 Å². The lowest BCUT2D eigenvalue weighted by molar-refractivity contribution is -0.128. The molecule has 27 heavy (non-hydrogen) atoms. The van der Waals surface area contributed by atoms with E-state index in [1.54, 1.807) is 6.07 Å². The Morgan fingerprint density at radius 1 is 1.33 bits per heavy atom. The van der Waals surface area contributed by atoms with Crippen molar-refractivity contribution in [2.24, 2.45) is 5.92 Å². The Labute approximate surface area is 173 Å². The number of aryl methyl sites for hydroxylation is 1. The van der Waals surface area contributed by atoms with E-state index < -0.39 is 0 Å². The maximum Gasteiger partial charge on any atom is 0.229 e. The lowest BCUT2D eigenvalue weighted by Crippen LogP contribution is -2.41. The van der Waals surface area contributed by atoms with Gasteiger partial charge in [0.1, 0.15) is 0 Å². The molecule has 6 nitrogen and oxygen atoms in total. The highest BCUT2D eigenvalue weighted by molar-refractivity contribution is 5.98. The van der Waals surface area contributed by atoms with E-state index in [4.69, 9.17) is 5.73 Å². The number of carbonyl (C=O) groups excluding carboxylic acids is 2. The molecule has 0 aromatic heterocycles. The summed E-state index contributed by atoms with van der Waals surface area (Å²) in [5, 5.41) is 2.94. The van der Waals surface area contributed by atoms with E-state index in [2.05, 4.69) is 17.1 Å². The van der Waals surface area contributed by atoms with Crippen LogP contribution in [-0.2, 0) is 9.59 Å². The molecule has 2 unspecified atom stereocenters. The number of nitrogens with two attached hydrogens (primary N) is 1. The average Bonchev–Trinajstić information content (AvgIpc) is 3.18. The van der Waals surface area contributed by atoms with Crippen LogP contribution >= 0.6 is 24.8 Å². The standard InChI is InChI=1S/C19H28N4O2.2ClH/c1-3-22-8-4-5-16(22)12-23-11-14(9-18(23)24)19(25)21-17-10-15(20)7-6-13(17)2;;/h6-7,10,14,16H,3-5,8-9,11-12,20H2,1-2H3,(H,21,25);2*1H. The first-order valence-corrected chi connectivity index (χ1v) is 9.16. The molecule has 0 bridgehead atoms. The van der Waals surface area contributed by atoms with Crippen molar-refractivity contribution in [1.82, 2.24) is 9.80 Å². The van der Waals surface area contributed by atoms with Crippen LogP contribution in [0.15, 0.2) is 18.2 Å². The van der Waals surface area contributed by atoms with Gasteiger partial charge >= 0.3 is 0 Å². The fraction of sp³-hybridized carbons (Fsp3) is 0.579. The summed E-state index contributed by atoms with van der Waals surface area (Å²) in [5.74, 6) is -0.291. The summed E-state index contributed by atoms with van der Waals surface area (Å²) in [6, 6.07) is 5.90. The summed E-state index contributed by atoms with van der Waals surface area (Å²) in [5.41, 5.74) is 8.11. The van der Waals surface area contributed by atoms with Crippen LogP contribution in [0.5, 0.6) is 0 Å². The highest BCUT2D eigenvalue weighted by Gasteiger charge is 2.37. The number of halogens is 2. The van der Waals surface area contributed by atoms with E-state index in [0.29, 0.717) is 24.7 Å². The quantitative estimate of drug-likeness (QED) is 0.723. The molecule has 2 heterocycles. The number of anilines is 2. The Morgan fingerprint density at radius 3 is 2.78 bits per heavy atom. The topological polar surface area (TPSA) is 78.7 Å². The monoisotopic (exact) mass is 416 g/mol. The van der Waals surface area contributed by atoms with Gasteiger partial charge in [-0.15, -0.1) is 24.8 Å². The number of benzene rings is 1. The molecule has 2 fully saturated rings. The van der Waals surface area contributed by atoms with Crippen LogP contribution < -0.4 is 11.1 Å². The van der Waals surface area contributed by atoms with Crippen LogP contribution in [-0.4, -0.2) is 53.8 Å². The fourth-order valence-electron chi connectivity index (χ4n) is 3.91. The molecule has 2 amide bonds. The number of nitrogens with one attached hydrogen (secondary N) is 1. The second-order valence-electron chi connectivity index (χ2n) is 7.19. The molecule has 8 heteroatoms. The number of likely N-dealkylation sites (tertiary alicyclic amines) is 2. The molecule has 2 saturated heterocycles. The zero-order valence-corrected chi connectivity index (χ0v) is 17.6. The Hall–Kier alpha value is -1.50. The fourth-order valence-corrected chi connectivity index (χ4v) is 3.91. The molecule has 2 atom stereocenters. The largest absolute Gasteiger partial charge is 0.399 e. The second-order valence-corrected chi connectivity index (χ2v) is 7.19. The molecule has 3 N–H and O–H groups in total. The second kappa shape index (κ2) is 10.2. The first kappa shape index (κ1) is 23.5. The summed E-state index contributed by atoms with van der Waals surface area (Å²) >= 11 is 0. The molecule has 0 radical (unpaired) electrons.